The Labute approximate surface area is 187 Å². The van der Waals surface area contributed by atoms with E-state index in [1.165, 1.54) is 9.99 Å². The van der Waals surface area contributed by atoms with Gasteiger partial charge in [0.1, 0.15) is 0 Å². The van der Waals surface area contributed by atoms with Crippen molar-refractivity contribution in [3.8, 4) is 11.5 Å². The van der Waals surface area contributed by atoms with Crippen LogP contribution in [0.25, 0.3) is 0 Å². The fourth-order valence-corrected chi connectivity index (χ4v) is 8.26. The van der Waals surface area contributed by atoms with Gasteiger partial charge >= 0.3 is 187 Å². The van der Waals surface area contributed by atoms with Crippen molar-refractivity contribution in [2.24, 2.45) is 0 Å². The SMILES string of the molecule is COc1ccccc1OCC(=O)N[C@@H]1C[C@@H]2C[I-][C@H](C1)N2Cc1ccc(Cl)cc1. The second-order valence-corrected chi connectivity index (χ2v) is 11.0. The molecule has 7 heteroatoms. The van der Waals surface area contributed by atoms with Crippen molar-refractivity contribution in [1.82, 2.24) is 10.2 Å². The summed E-state index contributed by atoms with van der Waals surface area (Å²) in [6, 6.07) is 16.3. The van der Waals surface area contributed by atoms with Gasteiger partial charge in [0.15, 0.2) is 0 Å². The number of para-hydroxylation sites is 2. The number of alkyl halides is 2. The number of benzene rings is 2. The van der Waals surface area contributed by atoms with E-state index < -0.39 is 0 Å². The van der Waals surface area contributed by atoms with Gasteiger partial charge in [-0.25, -0.2) is 0 Å². The molecule has 2 aromatic carbocycles. The van der Waals surface area contributed by atoms with E-state index in [-0.39, 0.29) is 39.8 Å². The van der Waals surface area contributed by atoms with Crippen LogP contribution in [-0.2, 0) is 11.3 Å². The van der Waals surface area contributed by atoms with E-state index >= 15 is 0 Å². The van der Waals surface area contributed by atoms with E-state index in [2.05, 4.69) is 22.3 Å². The molecule has 4 rings (SSSR count). The number of ether oxygens (including phenoxy) is 2. The number of hydrogen-bond acceptors (Lipinski definition) is 4. The van der Waals surface area contributed by atoms with Crippen molar-refractivity contribution in [1.29, 1.82) is 0 Å². The van der Waals surface area contributed by atoms with E-state index in [0.29, 0.717) is 21.6 Å². The molecule has 1 N–H and O–H groups in total. The average molecular weight is 528 g/mol. The van der Waals surface area contributed by atoms with Gasteiger partial charge in [0.25, 0.3) is 0 Å². The van der Waals surface area contributed by atoms with Crippen LogP contribution in [0.5, 0.6) is 11.5 Å². The molecule has 2 bridgehead atoms. The number of hydrogen-bond donors (Lipinski definition) is 1. The molecule has 2 aromatic rings. The number of nitrogens with zero attached hydrogens (tertiary/aromatic N) is 1. The molecule has 2 saturated heterocycles. The van der Waals surface area contributed by atoms with Gasteiger partial charge in [-0.2, -0.15) is 0 Å². The third-order valence-corrected chi connectivity index (χ3v) is 9.40. The number of halogens is 2. The molecule has 156 valence electrons. The van der Waals surface area contributed by atoms with Crippen molar-refractivity contribution in [2.45, 2.75) is 35.5 Å². The first-order chi connectivity index (χ1) is 14.1. The third-order valence-electron chi connectivity index (χ3n) is 5.38. The number of carbonyl (C=O) groups is 1. The summed E-state index contributed by atoms with van der Waals surface area (Å²) in [6.45, 7) is 0.986. The number of carbonyl (C=O) groups excluding carboxylic acids is 1. The Balaban J connectivity index is 1.28. The molecule has 2 fully saturated rings. The van der Waals surface area contributed by atoms with Crippen molar-refractivity contribution in [3.63, 3.8) is 0 Å². The fraction of sp³-hybridized carbons (Fsp3) is 0.409. The van der Waals surface area contributed by atoms with E-state index in [4.69, 9.17) is 21.1 Å². The van der Waals surface area contributed by atoms with Crippen LogP contribution in [0.15, 0.2) is 48.5 Å². The zero-order chi connectivity index (χ0) is 20.2. The molecule has 2 heterocycles. The molecule has 0 saturated carbocycles. The maximum atomic E-state index is 12.4. The molecular weight excluding hydrogens is 503 g/mol. The number of rotatable bonds is 7. The zero-order valence-electron chi connectivity index (χ0n) is 16.3. The zero-order valence-corrected chi connectivity index (χ0v) is 19.2. The first kappa shape index (κ1) is 20.8. The molecule has 0 aliphatic carbocycles. The Bertz CT molecular complexity index is 834. The molecule has 0 aromatic heterocycles. The van der Waals surface area contributed by atoms with Crippen LogP contribution in [0.2, 0.25) is 5.02 Å². The first-order valence-electron chi connectivity index (χ1n) is 9.75. The number of methoxy groups -OCH3 is 1. The summed E-state index contributed by atoms with van der Waals surface area (Å²) in [6.07, 6.45) is 2.06. The van der Waals surface area contributed by atoms with Gasteiger partial charge in [-0.15, -0.1) is 0 Å². The molecule has 2 aliphatic rings. The summed E-state index contributed by atoms with van der Waals surface area (Å²) < 4.78 is 12.9. The van der Waals surface area contributed by atoms with Crippen molar-refractivity contribution in [2.75, 3.05) is 18.1 Å². The van der Waals surface area contributed by atoms with Crippen molar-refractivity contribution < 1.29 is 35.5 Å². The Kier molecular flexibility index (Phi) is 6.82. The van der Waals surface area contributed by atoms with E-state index in [0.717, 1.165) is 24.4 Å². The average Bonchev–Trinajstić information content (AvgIpc) is 2.96. The van der Waals surface area contributed by atoms with Gasteiger partial charge in [0.05, 0.1) is 0 Å². The normalized spacial score (nSPS) is 23.9. The Morgan fingerprint density at radius 1 is 1.17 bits per heavy atom. The Hall–Kier alpha value is -1.51. The van der Waals surface area contributed by atoms with Crippen molar-refractivity contribution >= 4 is 17.5 Å². The summed E-state index contributed by atoms with van der Waals surface area (Å²) in [5.74, 6) is 1.16. The van der Waals surface area contributed by atoms with E-state index in [1.54, 1.807) is 7.11 Å². The van der Waals surface area contributed by atoms with Gasteiger partial charge in [-0.3, -0.25) is 0 Å². The number of nitrogens with one attached hydrogen (secondary N) is 1. The van der Waals surface area contributed by atoms with E-state index in [1.807, 2.05) is 36.4 Å². The van der Waals surface area contributed by atoms with Crippen LogP contribution >= 0.6 is 11.6 Å². The van der Waals surface area contributed by atoms with Crippen LogP contribution in [0.4, 0.5) is 0 Å². The molecule has 0 unspecified atom stereocenters. The maximum absolute atomic E-state index is 12.4. The molecule has 2 aliphatic heterocycles. The predicted molar refractivity (Wildman–Crippen MR) is 109 cm³/mol. The van der Waals surface area contributed by atoms with Gasteiger partial charge < -0.3 is 0 Å². The minimum atomic E-state index is -0.0651. The summed E-state index contributed by atoms with van der Waals surface area (Å²) in [4.78, 5) is 15.1. The van der Waals surface area contributed by atoms with Crippen molar-refractivity contribution in [3.05, 3.63) is 59.1 Å². The number of fused-ring (bicyclic) bond motifs is 2. The summed E-state index contributed by atoms with van der Waals surface area (Å²) in [5, 5.41) is 3.97. The molecular formula is C22H25ClIN2O3-. The van der Waals surface area contributed by atoms with Crippen LogP contribution in [0, 0.1) is 0 Å². The van der Waals surface area contributed by atoms with Crippen LogP contribution in [0.3, 0.4) is 0 Å². The molecule has 3 atom stereocenters. The Morgan fingerprint density at radius 3 is 2.66 bits per heavy atom. The number of piperidine rings is 1. The molecule has 1 amide bonds. The number of amides is 1. The predicted octanol–water partition coefficient (Wildman–Crippen LogP) is 0.306. The van der Waals surface area contributed by atoms with Gasteiger partial charge in [-0.05, 0) is 0 Å². The van der Waals surface area contributed by atoms with Crippen LogP contribution in [0.1, 0.15) is 18.4 Å². The summed E-state index contributed by atoms with van der Waals surface area (Å²) in [7, 11) is 1.60. The standard InChI is InChI=1S/C22H25ClIN2O3/c1-28-19-4-2-3-5-20(19)29-14-22(27)25-17-10-18-12-24-21(11-17)26(18)13-15-6-8-16(23)9-7-15/h2-9,17-18,21H,10-14H2,1H3,(H,25,27)/q-1/t17-,18-,21+/m1/s1. The summed E-state index contributed by atoms with van der Waals surface area (Å²) in [5.41, 5.74) is 1.31. The van der Waals surface area contributed by atoms with Gasteiger partial charge in [0.2, 0.25) is 0 Å². The molecule has 0 spiro atoms. The molecule has 5 nitrogen and oxygen atoms in total. The van der Waals surface area contributed by atoms with Crippen LogP contribution in [-0.4, -0.2) is 45.1 Å². The third kappa shape index (κ3) is 5.16. The topological polar surface area (TPSA) is 50.8 Å². The Morgan fingerprint density at radius 2 is 1.93 bits per heavy atom. The van der Waals surface area contributed by atoms with Crippen LogP contribution < -0.4 is 36.0 Å². The molecule has 29 heavy (non-hydrogen) atoms. The quantitative estimate of drug-likeness (QED) is 0.320. The second-order valence-electron chi connectivity index (χ2n) is 7.37. The second kappa shape index (κ2) is 9.53. The fourth-order valence-electron chi connectivity index (χ4n) is 3.97. The first-order valence-corrected chi connectivity index (χ1v) is 12.9. The monoisotopic (exact) mass is 527 g/mol. The van der Waals surface area contributed by atoms with Gasteiger partial charge in [0, 0.05) is 0 Å². The van der Waals surface area contributed by atoms with Gasteiger partial charge in [-0.1, -0.05) is 0 Å². The molecule has 0 radical (unpaired) electrons. The van der Waals surface area contributed by atoms with E-state index in [9.17, 15) is 4.79 Å². The minimum absolute atomic E-state index is 0.00967. The summed E-state index contributed by atoms with van der Waals surface area (Å²) >= 11 is 6.16.